The minimum Gasteiger partial charge on any atom is -0.383 e. The summed E-state index contributed by atoms with van der Waals surface area (Å²) in [5.74, 6) is 0.743. The van der Waals surface area contributed by atoms with Crippen LogP contribution in [0.25, 0.3) is 21.9 Å². The summed E-state index contributed by atoms with van der Waals surface area (Å²) < 4.78 is 5.19. The molecule has 1 aromatic heterocycles. The molecule has 0 radical (unpaired) electrons. The van der Waals surface area contributed by atoms with Crippen LogP contribution in [0.2, 0.25) is 0 Å². The van der Waals surface area contributed by atoms with Crippen LogP contribution in [0.15, 0.2) is 42.6 Å². The fourth-order valence-corrected chi connectivity index (χ4v) is 3.46. The number of hydrogen-bond acceptors (Lipinski definition) is 5. The number of rotatable bonds is 7. The van der Waals surface area contributed by atoms with Gasteiger partial charge in [-0.05, 0) is 67.6 Å². The largest absolute Gasteiger partial charge is 0.383 e. The van der Waals surface area contributed by atoms with Crippen molar-refractivity contribution in [3.05, 3.63) is 53.7 Å². The summed E-state index contributed by atoms with van der Waals surface area (Å²) in [7, 11) is 1.68. The van der Waals surface area contributed by atoms with Crippen molar-refractivity contribution >= 4 is 22.5 Å². The molecule has 0 unspecified atom stereocenters. The molecule has 0 spiro atoms. The quantitative estimate of drug-likeness (QED) is 0.639. The van der Waals surface area contributed by atoms with E-state index in [1.165, 1.54) is 0 Å². The third-order valence-corrected chi connectivity index (χ3v) is 5.18. The Kier molecular flexibility index (Phi) is 5.45. The third-order valence-electron chi connectivity index (χ3n) is 5.18. The monoisotopic (exact) mass is 390 g/mol. The van der Waals surface area contributed by atoms with Gasteiger partial charge in [-0.1, -0.05) is 12.1 Å². The number of anilines is 1. The molecule has 29 heavy (non-hydrogen) atoms. The highest BCUT2D eigenvalue weighted by Crippen LogP contribution is 2.30. The Balaban J connectivity index is 1.66. The molecule has 0 bridgehead atoms. The van der Waals surface area contributed by atoms with E-state index in [9.17, 15) is 4.79 Å². The van der Waals surface area contributed by atoms with Crippen molar-refractivity contribution < 1.29 is 9.53 Å². The average Bonchev–Trinajstić information content (AvgIpc) is 3.52. The number of fused-ring (bicyclic) bond motifs is 1. The van der Waals surface area contributed by atoms with Crippen LogP contribution in [0.1, 0.15) is 35.7 Å². The van der Waals surface area contributed by atoms with Crippen LogP contribution in [0, 0.1) is 6.92 Å². The third kappa shape index (κ3) is 4.38. The maximum absolute atomic E-state index is 12.5. The molecule has 1 atom stereocenters. The molecule has 1 amide bonds. The highest BCUT2D eigenvalue weighted by Gasteiger charge is 2.24. The van der Waals surface area contributed by atoms with E-state index in [-0.39, 0.29) is 11.9 Å². The Bertz CT molecular complexity index is 1050. The zero-order chi connectivity index (χ0) is 20.4. The summed E-state index contributed by atoms with van der Waals surface area (Å²) in [5.41, 5.74) is 3.93. The summed E-state index contributed by atoms with van der Waals surface area (Å²) >= 11 is 0. The summed E-state index contributed by atoms with van der Waals surface area (Å²) in [6.07, 6.45) is 3.93. The minimum absolute atomic E-state index is 0.000905. The Morgan fingerprint density at radius 3 is 2.83 bits per heavy atom. The van der Waals surface area contributed by atoms with E-state index in [1.807, 2.05) is 25.1 Å². The van der Waals surface area contributed by atoms with Crippen molar-refractivity contribution in [2.75, 3.05) is 19.0 Å². The summed E-state index contributed by atoms with van der Waals surface area (Å²) in [6, 6.07) is 12.6. The van der Waals surface area contributed by atoms with E-state index in [0.29, 0.717) is 18.2 Å². The van der Waals surface area contributed by atoms with Crippen molar-refractivity contribution in [3.63, 3.8) is 0 Å². The van der Waals surface area contributed by atoms with Gasteiger partial charge in [0, 0.05) is 35.5 Å². The fourth-order valence-electron chi connectivity index (χ4n) is 3.46. The lowest BCUT2D eigenvalue weighted by atomic mass is 9.96. The number of ether oxygens (including phenoxy) is 1. The van der Waals surface area contributed by atoms with E-state index < -0.39 is 0 Å². The van der Waals surface area contributed by atoms with Gasteiger partial charge >= 0.3 is 0 Å². The number of carbonyl (C=O) groups is 1. The van der Waals surface area contributed by atoms with Crippen LogP contribution in [0.4, 0.5) is 5.82 Å². The maximum Gasteiger partial charge on any atom is 0.251 e. The molecule has 2 N–H and O–H groups in total. The van der Waals surface area contributed by atoms with Crippen molar-refractivity contribution in [3.8, 4) is 11.1 Å². The van der Waals surface area contributed by atoms with E-state index in [0.717, 1.165) is 46.1 Å². The first-order chi connectivity index (χ1) is 14.0. The summed E-state index contributed by atoms with van der Waals surface area (Å²) in [4.78, 5) is 12.5. The number of aryl methyl sites for hydroxylation is 1. The number of hydrogen-bond donors (Lipinski definition) is 2. The van der Waals surface area contributed by atoms with Gasteiger partial charge < -0.3 is 15.4 Å². The van der Waals surface area contributed by atoms with Gasteiger partial charge in [0.15, 0.2) is 5.82 Å². The smallest absolute Gasteiger partial charge is 0.251 e. The van der Waals surface area contributed by atoms with Crippen molar-refractivity contribution in [1.29, 1.82) is 0 Å². The summed E-state index contributed by atoms with van der Waals surface area (Å²) in [5, 5.41) is 16.8. The predicted octanol–water partition coefficient (Wildman–Crippen LogP) is 3.94. The first-order valence-electron chi connectivity index (χ1n) is 9.98. The lowest BCUT2D eigenvalue weighted by Gasteiger charge is -2.15. The molecule has 6 heteroatoms. The van der Waals surface area contributed by atoms with Gasteiger partial charge in [-0.15, -0.1) is 5.10 Å². The number of aromatic nitrogens is 2. The van der Waals surface area contributed by atoms with Gasteiger partial charge in [-0.2, -0.15) is 5.10 Å². The van der Waals surface area contributed by atoms with Crippen LogP contribution in [-0.4, -0.2) is 41.9 Å². The molecule has 6 nitrogen and oxygen atoms in total. The van der Waals surface area contributed by atoms with Crippen LogP contribution < -0.4 is 10.6 Å². The Hall–Kier alpha value is -2.99. The zero-order valence-electron chi connectivity index (χ0n) is 17.0. The standard InChI is InChI=1S/C23H26N4O2/c1-14-4-5-17(23(28)26-19-7-8-19)11-21(14)16-6-9-20-18(10-16)12-24-27-22(20)25-15(2)13-29-3/h4-6,9-12,15,19H,7-8,13H2,1-3H3,(H,25,27)(H,26,28)/t15-/m0/s1. The van der Waals surface area contributed by atoms with E-state index in [2.05, 4.69) is 46.0 Å². The van der Waals surface area contributed by atoms with Gasteiger partial charge in [-0.3, -0.25) is 4.79 Å². The van der Waals surface area contributed by atoms with Gasteiger partial charge in [0.05, 0.1) is 12.8 Å². The molecule has 0 aliphatic heterocycles. The van der Waals surface area contributed by atoms with Gasteiger partial charge in [0.1, 0.15) is 0 Å². The van der Waals surface area contributed by atoms with Crippen LogP contribution in [0.5, 0.6) is 0 Å². The molecule has 1 saturated carbocycles. The number of amides is 1. The topological polar surface area (TPSA) is 76.1 Å². The van der Waals surface area contributed by atoms with Crippen LogP contribution >= 0.6 is 0 Å². The Morgan fingerprint density at radius 1 is 1.24 bits per heavy atom. The first kappa shape index (κ1) is 19.3. The zero-order valence-corrected chi connectivity index (χ0v) is 17.0. The molecular formula is C23H26N4O2. The molecule has 1 heterocycles. The Labute approximate surface area is 170 Å². The highest BCUT2D eigenvalue weighted by molar-refractivity contribution is 5.97. The van der Waals surface area contributed by atoms with Gasteiger partial charge in [-0.25, -0.2) is 0 Å². The molecule has 0 saturated heterocycles. The molecule has 1 aliphatic carbocycles. The number of carbonyl (C=O) groups excluding carboxylic acids is 1. The SMILES string of the molecule is COC[C@H](C)Nc1nncc2cc(-c3cc(C(=O)NC4CC4)ccc3C)ccc12. The molecule has 2 aromatic carbocycles. The highest BCUT2D eigenvalue weighted by atomic mass is 16.5. The molecule has 150 valence electrons. The summed E-state index contributed by atoms with van der Waals surface area (Å²) in [6.45, 7) is 4.69. The van der Waals surface area contributed by atoms with Gasteiger partial charge in [0.25, 0.3) is 5.91 Å². The minimum atomic E-state index is -0.000905. The second-order valence-corrected chi connectivity index (χ2v) is 7.77. The number of nitrogens with zero attached hydrogens (tertiary/aromatic N) is 2. The van der Waals surface area contributed by atoms with Crippen LogP contribution in [0.3, 0.4) is 0 Å². The molecular weight excluding hydrogens is 364 g/mol. The average molecular weight is 390 g/mol. The maximum atomic E-state index is 12.5. The molecule has 4 rings (SSSR count). The van der Waals surface area contributed by atoms with E-state index >= 15 is 0 Å². The Morgan fingerprint density at radius 2 is 2.07 bits per heavy atom. The fraction of sp³-hybridized carbons (Fsp3) is 0.348. The van der Waals surface area contributed by atoms with Gasteiger partial charge in [0.2, 0.25) is 0 Å². The lowest BCUT2D eigenvalue weighted by molar-refractivity contribution is 0.0951. The van der Waals surface area contributed by atoms with E-state index in [1.54, 1.807) is 13.3 Å². The van der Waals surface area contributed by atoms with Crippen molar-refractivity contribution in [2.24, 2.45) is 0 Å². The van der Waals surface area contributed by atoms with Crippen LogP contribution in [-0.2, 0) is 4.74 Å². The predicted molar refractivity (Wildman–Crippen MR) is 115 cm³/mol. The second-order valence-electron chi connectivity index (χ2n) is 7.77. The van der Waals surface area contributed by atoms with E-state index in [4.69, 9.17) is 4.74 Å². The molecule has 1 fully saturated rings. The lowest BCUT2D eigenvalue weighted by Crippen LogP contribution is -2.25. The number of methoxy groups -OCH3 is 1. The number of nitrogens with one attached hydrogen (secondary N) is 2. The second kappa shape index (κ2) is 8.17. The molecule has 1 aliphatic rings. The normalized spacial score (nSPS) is 14.6. The first-order valence-corrected chi connectivity index (χ1v) is 9.98. The molecule has 3 aromatic rings. The van der Waals surface area contributed by atoms with Crippen molar-refractivity contribution in [1.82, 2.24) is 15.5 Å². The van der Waals surface area contributed by atoms with Crippen molar-refractivity contribution in [2.45, 2.75) is 38.8 Å². The number of benzene rings is 2.